The SMILES string of the molecule is CC(C)OCc1ccc(C(=O)NCC[C@H](O)C(=O)O)cc1. The molecule has 0 unspecified atom stereocenters. The first-order valence-corrected chi connectivity index (χ1v) is 6.79. The number of aliphatic hydroxyl groups is 1. The predicted molar refractivity (Wildman–Crippen MR) is 77.0 cm³/mol. The maximum absolute atomic E-state index is 11.8. The van der Waals surface area contributed by atoms with Crippen molar-refractivity contribution in [3.63, 3.8) is 0 Å². The van der Waals surface area contributed by atoms with Gasteiger partial charge in [-0.25, -0.2) is 4.79 Å². The summed E-state index contributed by atoms with van der Waals surface area (Å²) >= 11 is 0. The molecule has 0 saturated carbocycles. The smallest absolute Gasteiger partial charge is 0.332 e. The second-order valence-electron chi connectivity index (χ2n) is 4.96. The normalized spacial score (nSPS) is 12.2. The van der Waals surface area contributed by atoms with E-state index < -0.39 is 12.1 Å². The van der Waals surface area contributed by atoms with Gasteiger partial charge in [0.05, 0.1) is 12.7 Å². The van der Waals surface area contributed by atoms with E-state index in [-0.39, 0.29) is 25.0 Å². The van der Waals surface area contributed by atoms with Gasteiger partial charge in [0.25, 0.3) is 5.91 Å². The molecule has 0 aliphatic rings. The molecule has 0 aliphatic heterocycles. The van der Waals surface area contributed by atoms with Crippen molar-refractivity contribution in [3.05, 3.63) is 35.4 Å². The van der Waals surface area contributed by atoms with Gasteiger partial charge in [-0.1, -0.05) is 12.1 Å². The molecule has 0 fully saturated rings. The summed E-state index contributed by atoms with van der Waals surface area (Å²) in [6, 6.07) is 6.98. The van der Waals surface area contributed by atoms with Crippen LogP contribution in [0.3, 0.4) is 0 Å². The molecule has 0 bridgehead atoms. The molecule has 6 nitrogen and oxygen atoms in total. The van der Waals surface area contributed by atoms with E-state index in [0.29, 0.717) is 12.2 Å². The van der Waals surface area contributed by atoms with Crippen LogP contribution in [0.1, 0.15) is 36.2 Å². The molecular weight excluding hydrogens is 274 g/mol. The first-order valence-electron chi connectivity index (χ1n) is 6.79. The third-order valence-electron chi connectivity index (χ3n) is 2.79. The van der Waals surface area contributed by atoms with E-state index >= 15 is 0 Å². The molecule has 1 rings (SSSR count). The first-order chi connectivity index (χ1) is 9.90. The summed E-state index contributed by atoms with van der Waals surface area (Å²) in [5.74, 6) is -1.59. The van der Waals surface area contributed by atoms with Gasteiger partial charge in [-0.05, 0) is 31.5 Å². The Bertz CT molecular complexity index is 469. The molecule has 0 radical (unpaired) electrons. The Balaban J connectivity index is 2.42. The van der Waals surface area contributed by atoms with Crippen molar-refractivity contribution in [2.24, 2.45) is 0 Å². The van der Waals surface area contributed by atoms with Gasteiger partial charge in [0.2, 0.25) is 0 Å². The molecule has 0 saturated heterocycles. The van der Waals surface area contributed by atoms with Crippen LogP contribution < -0.4 is 5.32 Å². The number of aliphatic carboxylic acids is 1. The van der Waals surface area contributed by atoms with Crippen molar-refractivity contribution in [1.82, 2.24) is 5.32 Å². The van der Waals surface area contributed by atoms with Crippen molar-refractivity contribution >= 4 is 11.9 Å². The monoisotopic (exact) mass is 295 g/mol. The highest BCUT2D eigenvalue weighted by Crippen LogP contribution is 2.07. The second-order valence-corrected chi connectivity index (χ2v) is 4.96. The summed E-state index contributed by atoms with van der Waals surface area (Å²) in [4.78, 5) is 22.2. The van der Waals surface area contributed by atoms with Crippen molar-refractivity contribution in [2.45, 2.75) is 39.1 Å². The van der Waals surface area contributed by atoms with Gasteiger partial charge in [0.1, 0.15) is 0 Å². The standard InChI is InChI=1S/C15H21NO5/c1-10(2)21-9-11-3-5-12(6-4-11)14(18)16-8-7-13(17)15(19)20/h3-6,10,13,17H,7-9H2,1-2H3,(H,16,18)(H,19,20)/t13-/m0/s1. The van der Waals surface area contributed by atoms with Gasteiger partial charge in [0, 0.05) is 18.5 Å². The number of benzene rings is 1. The van der Waals surface area contributed by atoms with E-state index in [1.54, 1.807) is 12.1 Å². The molecule has 0 aliphatic carbocycles. The largest absolute Gasteiger partial charge is 0.479 e. The van der Waals surface area contributed by atoms with Gasteiger partial charge in [-0.2, -0.15) is 0 Å². The zero-order chi connectivity index (χ0) is 15.8. The molecule has 1 aromatic rings. The first kappa shape index (κ1) is 17.1. The molecule has 0 spiro atoms. The summed E-state index contributed by atoms with van der Waals surface area (Å²) in [6.07, 6.45) is -1.34. The molecule has 1 aromatic carbocycles. The molecule has 21 heavy (non-hydrogen) atoms. The maximum Gasteiger partial charge on any atom is 0.332 e. The van der Waals surface area contributed by atoms with E-state index in [2.05, 4.69) is 5.32 Å². The average molecular weight is 295 g/mol. The highest BCUT2D eigenvalue weighted by molar-refractivity contribution is 5.94. The van der Waals surface area contributed by atoms with Crippen molar-refractivity contribution in [1.29, 1.82) is 0 Å². The lowest BCUT2D eigenvalue weighted by Gasteiger charge is -2.09. The van der Waals surface area contributed by atoms with Crippen LogP contribution in [0, 0.1) is 0 Å². The van der Waals surface area contributed by atoms with Crippen molar-refractivity contribution in [3.8, 4) is 0 Å². The Morgan fingerprint density at radius 3 is 2.38 bits per heavy atom. The van der Waals surface area contributed by atoms with Crippen LogP contribution in [0.4, 0.5) is 0 Å². The maximum atomic E-state index is 11.8. The van der Waals surface area contributed by atoms with E-state index in [9.17, 15) is 9.59 Å². The summed E-state index contributed by atoms with van der Waals surface area (Å²) < 4.78 is 5.46. The molecule has 116 valence electrons. The Morgan fingerprint density at radius 1 is 1.24 bits per heavy atom. The Labute approximate surface area is 123 Å². The number of nitrogens with one attached hydrogen (secondary N) is 1. The number of carbonyl (C=O) groups is 2. The zero-order valence-electron chi connectivity index (χ0n) is 12.2. The molecule has 1 amide bonds. The fraction of sp³-hybridized carbons (Fsp3) is 0.467. The number of rotatable bonds is 8. The fourth-order valence-electron chi connectivity index (χ4n) is 1.56. The molecule has 0 aromatic heterocycles. The van der Waals surface area contributed by atoms with Gasteiger partial charge < -0.3 is 20.3 Å². The number of aliphatic hydroxyl groups excluding tert-OH is 1. The Hall–Kier alpha value is -1.92. The minimum Gasteiger partial charge on any atom is -0.479 e. The van der Waals surface area contributed by atoms with Crippen LogP contribution in [-0.4, -0.2) is 40.8 Å². The van der Waals surface area contributed by atoms with E-state index in [1.165, 1.54) is 0 Å². The topological polar surface area (TPSA) is 95.9 Å². The van der Waals surface area contributed by atoms with E-state index in [4.69, 9.17) is 14.9 Å². The number of carboxylic acids is 1. The van der Waals surface area contributed by atoms with Gasteiger partial charge in [0.15, 0.2) is 6.10 Å². The number of amides is 1. The molecule has 3 N–H and O–H groups in total. The van der Waals surface area contributed by atoms with Crippen LogP contribution in [0.2, 0.25) is 0 Å². The third-order valence-corrected chi connectivity index (χ3v) is 2.79. The Kier molecular flexibility index (Phi) is 6.84. The predicted octanol–water partition coefficient (Wildman–Crippen LogP) is 1.18. The van der Waals surface area contributed by atoms with E-state index in [1.807, 2.05) is 26.0 Å². The number of hydrogen-bond acceptors (Lipinski definition) is 4. The van der Waals surface area contributed by atoms with Crippen molar-refractivity contribution < 1.29 is 24.5 Å². The summed E-state index contributed by atoms with van der Waals surface area (Å²) in [5, 5.41) is 20.2. The number of hydrogen-bond donors (Lipinski definition) is 3. The molecular formula is C15H21NO5. The highest BCUT2D eigenvalue weighted by atomic mass is 16.5. The van der Waals surface area contributed by atoms with Gasteiger partial charge in [-0.3, -0.25) is 4.79 Å². The second kappa shape index (κ2) is 8.39. The van der Waals surface area contributed by atoms with Crippen LogP contribution in [0.5, 0.6) is 0 Å². The van der Waals surface area contributed by atoms with Crippen LogP contribution in [-0.2, 0) is 16.1 Å². The third kappa shape index (κ3) is 6.37. The lowest BCUT2D eigenvalue weighted by Crippen LogP contribution is -2.30. The van der Waals surface area contributed by atoms with Gasteiger partial charge >= 0.3 is 5.97 Å². The van der Waals surface area contributed by atoms with Crippen LogP contribution in [0.15, 0.2) is 24.3 Å². The van der Waals surface area contributed by atoms with E-state index in [0.717, 1.165) is 5.56 Å². The summed E-state index contributed by atoms with van der Waals surface area (Å²) in [6.45, 7) is 4.50. The number of carbonyl (C=O) groups excluding carboxylic acids is 1. The average Bonchev–Trinajstić information content (AvgIpc) is 2.45. The minimum atomic E-state index is -1.46. The molecule has 6 heteroatoms. The minimum absolute atomic E-state index is 0.0264. The lowest BCUT2D eigenvalue weighted by molar-refractivity contribution is -0.146. The summed E-state index contributed by atoms with van der Waals surface area (Å²) in [7, 11) is 0. The fourth-order valence-corrected chi connectivity index (χ4v) is 1.56. The van der Waals surface area contributed by atoms with Gasteiger partial charge in [-0.15, -0.1) is 0 Å². The zero-order valence-corrected chi connectivity index (χ0v) is 12.2. The van der Waals surface area contributed by atoms with Crippen molar-refractivity contribution in [2.75, 3.05) is 6.54 Å². The number of carboxylic acid groups (broad SMARTS) is 1. The molecule has 1 atom stereocenters. The Morgan fingerprint density at radius 2 is 1.86 bits per heavy atom. The summed E-state index contributed by atoms with van der Waals surface area (Å²) in [5.41, 5.74) is 1.45. The molecule has 0 heterocycles. The lowest BCUT2D eigenvalue weighted by atomic mass is 10.1. The number of ether oxygens (including phenoxy) is 1. The highest BCUT2D eigenvalue weighted by Gasteiger charge is 2.13. The van der Waals surface area contributed by atoms with Crippen LogP contribution in [0.25, 0.3) is 0 Å². The quantitative estimate of drug-likeness (QED) is 0.669. The van der Waals surface area contributed by atoms with Crippen LogP contribution >= 0.6 is 0 Å².